The van der Waals surface area contributed by atoms with Gasteiger partial charge in [0, 0.05) is 58.1 Å². The highest BCUT2D eigenvalue weighted by atomic mass is 35.5. The van der Waals surface area contributed by atoms with Gasteiger partial charge in [-0.1, -0.05) is 124 Å². The molecule has 0 N–H and O–H groups in total. The van der Waals surface area contributed by atoms with Crippen molar-refractivity contribution in [3.8, 4) is 12.3 Å². The summed E-state index contributed by atoms with van der Waals surface area (Å²) in [5, 5.41) is 0.763. The molecule has 53 heavy (non-hydrogen) atoms. The molecule has 5 rings (SSSR count). The van der Waals surface area contributed by atoms with Crippen molar-refractivity contribution in [2.75, 3.05) is 0 Å². The van der Waals surface area contributed by atoms with Gasteiger partial charge < -0.3 is 0 Å². The Morgan fingerprint density at radius 2 is 1.06 bits per heavy atom. The first-order chi connectivity index (χ1) is 24.9. The van der Waals surface area contributed by atoms with E-state index in [1.54, 1.807) is 30.7 Å². The van der Waals surface area contributed by atoms with E-state index < -0.39 is 0 Å². The number of halogens is 1. The number of aromatic nitrogens is 4. The van der Waals surface area contributed by atoms with Crippen LogP contribution in [0.25, 0.3) is 4.85 Å². The number of rotatable bonds is 4. The van der Waals surface area contributed by atoms with Crippen LogP contribution in [0.2, 0.25) is 5.02 Å². The summed E-state index contributed by atoms with van der Waals surface area (Å²) in [4.78, 5) is 20.1. The molecule has 4 heterocycles. The van der Waals surface area contributed by atoms with E-state index in [1.807, 2.05) is 36.5 Å². The van der Waals surface area contributed by atoms with Gasteiger partial charge in [0.1, 0.15) is 0 Å². The van der Waals surface area contributed by atoms with Crippen LogP contribution in [0.5, 0.6) is 0 Å². The fourth-order valence-corrected chi connectivity index (χ4v) is 4.57. The minimum atomic E-state index is 0.284. The van der Waals surface area contributed by atoms with Crippen LogP contribution in [0.1, 0.15) is 145 Å². The second-order valence-electron chi connectivity index (χ2n) is 15.1. The molecule has 280 valence electrons. The van der Waals surface area contributed by atoms with Crippen molar-refractivity contribution >= 4 is 17.3 Å². The van der Waals surface area contributed by atoms with Gasteiger partial charge in [-0.05, 0) is 103 Å². The normalized spacial score (nSPS) is 10.3. The molecule has 1 aromatic carbocycles. The van der Waals surface area contributed by atoms with Gasteiger partial charge in [-0.2, -0.15) is 0 Å². The lowest BCUT2D eigenvalue weighted by atomic mass is 9.86. The summed E-state index contributed by atoms with van der Waals surface area (Å²) < 4.78 is 0. The Morgan fingerprint density at radius 1 is 0.604 bits per heavy atom. The quantitative estimate of drug-likeness (QED) is 0.136. The minimum Gasteiger partial charge on any atom is -0.264 e. The van der Waals surface area contributed by atoms with Crippen LogP contribution in [0, 0.1) is 32.8 Å². The maximum absolute atomic E-state index is 6.78. The molecule has 0 saturated heterocycles. The van der Waals surface area contributed by atoms with E-state index in [9.17, 15) is 0 Å². The van der Waals surface area contributed by atoms with Gasteiger partial charge in [0.25, 0.3) is 0 Å². The Morgan fingerprint density at radius 3 is 1.45 bits per heavy atom. The summed E-state index contributed by atoms with van der Waals surface area (Å²) in [6, 6.07) is 23.9. The van der Waals surface area contributed by atoms with Crippen LogP contribution in [0.15, 0.2) is 97.6 Å². The molecular weight excluding hydrogens is 670 g/mol. The predicted molar refractivity (Wildman–Crippen MR) is 227 cm³/mol. The first-order valence-corrected chi connectivity index (χ1v) is 18.6. The lowest BCUT2D eigenvalue weighted by Crippen LogP contribution is -2.10. The SMILES string of the molecule is C#Cc1ccnc(C(C)C)c1.CC(C)c1cc(Cl)ccn1.Cc1cccc(C(C)(C)C)c1.Cc1ccnc(C(C)C)c1.[C-]#[N+]c1ccnc(C(C)C)c1. The number of pyridine rings is 4. The highest BCUT2D eigenvalue weighted by Gasteiger charge is 2.12. The summed E-state index contributed by atoms with van der Waals surface area (Å²) in [5.41, 5.74) is 10.2. The first kappa shape index (κ1) is 46.2. The number of benzene rings is 1. The largest absolute Gasteiger partial charge is 0.264 e. The number of hydrogen-bond acceptors (Lipinski definition) is 4. The van der Waals surface area contributed by atoms with E-state index in [0.29, 0.717) is 29.4 Å². The lowest BCUT2D eigenvalue weighted by Gasteiger charge is -2.19. The van der Waals surface area contributed by atoms with Crippen molar-refractivity contribution < 1.29 is 0 Å². The van der Waals surface area contributed by atoms with Crippen LogP contribution >= 0.6 is 11.6 Å². The molecule has 0 atom stereocenters. The Bertz CT molecular complexity index is 1780. The van der Waals surface area contributed by atoms with Gasteiger partial charge in [-0.15, -0.1) is 6.42 Å². The number of terminal acetylenes is 1. The molecule has 0 bridgehead atoms. The molecule has 6 heteroatoms. The Kier molecular flexibility index (Phi) is 20.6. The van der Waals surface area contributed by atoms with Crippen LogP contribution < -0.4 is 0 Å². The molecule has 0 fully saturated rings. The molecule has 0 saturated carbocycles. The summed E-state index contributed by atoms with van der Waals surface area (Å²) in [5.74, 6) is 4.43. The summed E-state index contributed by atoms with van der Waals surface area (Å²) in [7, 11) is 0. The molecule has 0 aliphatic carbocycles. The monoisotopic (exact) mass is 729 g/mol. The third kappa shape index (κ3) is 19.0. The molecule has 0 aliphatic heterocycles. The molecular formula is C47H60ClN5. The highest BCUT2D eigenvalue weighted by Crippen LogP contribution is 2.22. The van der Waals surface area contributed by atoms with Crippen LogP contribution in [-0.2, 0) is 5.41 Å². The third-order valence-electron chi connectivity index (χ3n) is 7.77. The highest BCUT2D eigenvalue weighted by molar-refractivity contribution is 6.30. The third-order valence-corrected chi connectivity index (χ3v) is 8.01. The molecule has 0 radical (unpaired) electrons. The second kappa shape index (κ2) is 23.7. The Hall–Kier alpha value is -4.84. The van der Waals surface area contributed by atoms with Gasteiger partial charge in [0.15, 0.2) is 5.69 Å². The van der Waals surface area contributed by atoms with Crippen molar-refractivity contribution in [2.45, 2.75) is 119 Å². The lowest BCUT2D eigenvalue weighted by molar-refractivity contribution is 0.590. The van der Waals surface area contributed by atoms with Gasteiger partial charge in [0.2, 0.25) is 0 Å². The van der Waals surface area contributed by atoms with E-state index in [-0.39, 0.29) is 5.41 Å². The second-order valence-corrected chi connectivity index (χ2v) is 15.5. The average Bonchev–Trinajstić information content (AvgIpc) is 3.12. The fraction of sp³-hybridized carbons (Fsp3) is 0.383. The van der Waals surface area contributed by atoms with Crippen molar-refractivity contribution in [1.29, 1.82) is 0 Å². The van der Waals surface area contributed by atoms with Crippen molar-refractivity contribution in [2.24, 2.45) is 0 Å². The fourth-order valence-electron chi connectivity index (χ4n) is 4.40. The maximum atomic E-state index is 6.78. The Labute approximate surface area is 326 Å². The summed E-state index contributed by atoms with van der Waals surface area (Å²) >= 11 is 5.75. The first-order valence-electron chi connectivity index (χ1n) is 18.2. The summed E-state index contributed by atoms with van der Waals surface area (Å²) in [6.45, 7) is 34.5. The predicted octanol–water partition coefficient (Wildman–Crippen LogP) is 13.6. The van der Waals surface area contributed by atoms with Crippen LogP contribution in [0.4, 0.5) is 5.69 Å². The molecule has 5 aromatic rings. The standard InChI is InChI=1S/C11H16.C10H11N.C9H10N2.C9H13N.C8H10ClN/c1-9-6-5-7-10(8-9)11(2,3)4;1-4-9-5-6-11-10(7-9)8(2)3;1-7(2)9-6-8(10-3)4-5-11-9;1-7(2)9-6-8(3)4-5-10-9;1-6(2)8-5-7(9)3-4-10-8/h5-8H,1-4H3;1,5-8H,2-3H3;4-7H,1-2H3;4-7H,1-3H3;3-6H,1-2H3. The Balaban J connectivity index is 0.000000331. The van der Waals surface area contributed by atoms with Crippen molar-refractivity contribution in [3.05, 3.63) is 159 Å². The van der Waals surface area contributed by atoms with Gasteiger partial charge in [-0.3, -0.25) is 19.9 Å². The minimum absolute atomic E-state index is 0.284. The topological polar surface area (TPSA) is 55.9 Å². The van der Waals surface area contributed by atoms with E-state index in [4.69, 9.17) is 24.6 Å². The molecule has 0 unspecified atom stereocenters. The smallest absolute Gasteiger partial charge is 0.190 e. The number of aryl methyl sites for hydroxylation is 2. The van der Waals surface area contributed by atoms with Gasteiger partial charge >= 0.3 is 0 Å². The average molecular weight is 730 g/mol. The molecule has 5 nitrogen and oxygen atoms in total. The molecule has 4 aromatic heterocycles. The zero-order valence-corrected chi connectivity index (χ0v) is 35.0. The van der Waals surface area contributed by atoms with E-state index in [2.05, 4.69) is 151 Å². The number of hydrogen-bond donors (Lipinski definition) is 0. The van der Waals surface area contributed by atoms with E-state index in [0.717, 1.165) is 27.7 Å². The summed E-state index contributed by atoms with van der Waals surface area (Å²) in [6.07, 6.45) is 12.3. The van der Waals surface area contributed by atoms with E-state index in [1.165, 1.54) is 22.4 Å². The van der Waals surface area contributed by atoms with Crippen molar-refractivity contribution in [3.63, 3.8) is 0 Å². The van der Waals surface area contributed by atoms with Crippen LogP contribution in [0.3, 0.4) is 0 Å². The van der Waals surface area contributed by atoms with E-state index >= 15 is 0 Å². The zero-order chi connectivity index (χ0) is 40.1. The van der Waals surface area contributed by atoms with Crippen LogP contribution in [-0.4, -0.2) is 19.9 Å². The van der Waals surface area contributed by atoms with Crippen molar-refractivity contribution in [1.82, 2.24) is 19.9 Å². The van der Waals surface area contributed by atoms with Gasteiger partial charge in [0.05, 0.1) is 6.57 Å². The van der Waals surface area contributed by atoms with Gasteiger partial charge in [-0.25, -0.2) is 4.85 Å². The zero-order valence-electron chi connectivity index (χ0n) is 34.2. The number of nitrogens with zero attached hydrogens (tertiary/aromatic N) is 5. The molecule has 0 aliphatic rings. The molecule has 0 amide bonds. The maximum Gasteiger partial charge on any atom is 0.190 e. The molecule has 0 spiro atoms.